The van der Waals surface area contributed by atoms with Crippen LogP contribution in [0.25, 0.3) is 0 Å². The standard InChI is InChI=1S/C20H46O4Si2/c1-15(2)21-19(9,22-16(3)4)25-13-11-12-14-26-20(10,23-17(5)6)24-18(7)8/h15-18H,11-14,25-26H2,1-10H3. The van der Waals surface area contributed by atoms with E-state index in [0.717, 1.165) is 0 Å². The number of hydrogen-bond acceptors (Lipinski definition) is 4. The molecule has 0 saturated carbocycles. The predicted molar refractivity (Wildman–Crippen MR) is 118 cm³/mol. The van der Waals surface area contributed by atoms with E-state index in [0.29, 0.717) is 0 Å². The molecule has 0 aliphatic rings. The molecule has 0 aromatic carbocycles. The Morgan fingerprint density at radius 3 is 0.962 bits per heavy atom. The van der Waals surface area contributed by atoms with Crippen molar-refractivity contribution in [3.05, 3.63) is 0 Å². The van der Waals surface area contributed by atoms with Gasteiger partial charge in [-0.1, -0.05) is 24.9 Å². The van der Waals surface area contributed by atoms with Crippen molar-refractivity contribution >= 4 is 19.0 Å². The third kappa shape index (κ3) is 13.4. The fraction of sp³-hybridized carbons (Fsp3) is 1.00. The Balaban J connectivity index is 4.29. The maximum Gasteiger partial charge on any atom is 0.142 e. The van der Waals surface area contributed by atoms with E-state index in [4.69, 9.17) is 18.9 Å². The summed E-state index contributed by atoms with van der Waals surface area (Å²) in [5, 5.41) is 0. The lowest BCUT2D eigenvalue weighted by molar-refractivity contribution is -0.206. The van der Waals surface area contributed by atoms with E-state index in [1.54, 1.807) is 0 Å². The molecule has 0 spiro atoms. The van der Waals surface area contributed by atoms with Gasteiger partial charge in [0.2, 0.25) is 0 Å². The quantitative estimate of drug-likeness (QED) is 0.234. The summed E-state index contributed by atoms with van der Waals surface area (Å²) in [5.74, 6) is 0. The minimum Gasteiger partial charge on any atom is -0.352 e. The number of hydrogen-bond donors (Lipinski definition) is 0. The van der Waals surface area contributed by atoms with Gasteiger partial charge in [0.05, 0.1) is 43.5 Å². The van der Waals surface area contributed by atoms with Crippen LogP contribution in [0.15, 0.2) is 0 Å². The van der Waals surface area contributed by atoms with Crippen LogP contribution in [0, 0.1) is 0 Å². The Labute approximate surface area is 167 Å². The summed E-state index contributed by atoms with van der Waals surface area (Å²) in [6, 6.07) is 2.52. The largest absolute Gasteiger partial charge is 0.352 e. The van der Waals surface area contributed by atoms with Crippen LogP contribution in [0.5, 0.6) is 0 Å². The highest BCUT2D eigenvalue weighted by Gasteiger charge is 2.29. The average Bonchev–Trinajstić information content (AvgIpc) is 2.38. The van der Waals surface area contributed by atoms with Crippen molar-refractivity contribution in [3.8, 4) is 0 Å². The number of rotatable bonds is 15. The van der Waals surface area contributed by atoms with E-state index < -0.39 is 19.0 Å². The van der Waals surface area contributed by atoms with Gasteiger partial charge in [-0.15, -0.1) is 0 Å². The molecule has 26 heavy (non-hydrogen) atoms. The average molecular weight is 407 g/mol. The molecule has 6 heteroatoms. The van der Waals surface area contributed by atoms with E-state index >= 15 is 0 Å². The molecule has 0 fully saturated rings. The van der Waals surface area contributed by atoms with Crippen molar-refractivity contribution in [2.24, 2.45) is 0 Å². The molecule has 0 aromatic rings. The van der Waals surface area contributed by atoms with Crippen molar-refractivity contribution in [2.75, 3.05) is 0 Å². The highest BCUT2D eigenvalue weighted by atomic mass is 28.2. The van der Waals surface area contributed by atoms with Gasteiger partial charge >= 0.3 is 0 Å². The molecule has 0 saturated heterocycles. The molecule has 0 aliphatic carbocycles. The van der Waals surface area contributed by atoms with Crippen molar-refractivity contribution in [1.82, 2.24) is 0 Å². The summed E-state index contributed by atoms with van der Waals surface area (Å²) in [6.45, 7) is 21.0. The molecule has 0 N–H and O–H groups in total. The first kappa shape index (κ1) is 26.3. The number of unbranched alkanes of at least 4 members (excludes halogenated alkanes) is 1. The molecular weight excluding hydrogens is 360 g/mol. The molecule has 0 unspecified atom stereocenters. The topological polar surface area (TPSA) is 36.9 Å². The van der Waals surface area contributed by atoms with Gasteiger partial charge in [0.1, 0.15) is 10.8 Å². The van der Waals surface area contributed by atoms with Crippen molar-refractivity contribution in [1.29, 1.82) is 0 Å². The minimum atomic E-state index is -0.447. The molecular formula is C20H46O4Si2. The molecule has 0 amide bonds. The van der Waals surface area contributed by atoms with E-state index in [1.165, 1.54) is 24.9 Å². The first-order valence-corrected chi connectivity index (χ1v) is 14.0. The molecule has 0 atom stereocenters. The molecule has 0 aromatic heterocycles. The SMILES string of the molecule is CC(C)OC(C)(OC(C)C)[SiH2]CCCC[SiH2]C(C)(OC(C)C)OC(C)C. The molecule has 4 nitrogen and oxygen atoms in total. The van der Waals surface area contributed by atoms with E-state index in [2.05, 4.69) is 69.2 Å². The lowest BCUT2D eigenvalue weighted by Crippen LogP contribution is -2.43. The predicted octanol–water partition coefficient (Wildman–Crippen LogP) is 3.99. The zero-order valence-corrected chi connectivity index (χ0v) is 22.0. The molecule has 0 aliphatic heterocycles. The zero-order valence-electron chi connectivity index (χ0n) is 19.2. The third-order valence-electron chi connectivity index (χ3n) is 3.95. The van der Waals surface area contributed by atoms with E-state index in [1.807, 2.05) is 0 Å². The highest BCUT2D eigenvalue weighted by Crippen LogP contribution is 2.21. The van der Waals surface area contributed by atoms with Crippen LogP contribution in [0.4, 0.5) is 0 Å². The molecule has 0 rings (SSSR count). The Morgan fingerprint density at radius 2 is 0.769 bits per heavy atom. The van der Waals surface area contributed by atoms with Crippen molar-refractivity contribution in [3.63, 3.8) is 0 Å². The van der Waals surface area contributed by atoms with Crippen LogP contribution in [0.3, 0.4) is 0 Å². The fourth-order valence-electron chi connectivity index (χ4n) is 3.53. The third-order valence-corrected chi connectivity index (χ3v) is 8.14. The van der Waals surface area contributed by atoms with Crippen molar-refractivity contribution < 1.29 is 18.9 Å². The maximum atomic E-state index is 6.11. The fourth-order valence-corrected chi connectivity index (χ4v) is 7.83. The summed E-state index contributed by atoms with van der Waals surface area (Å²) in [4.78, 5) is 0. The monoisotopic (exact) mass is 406 g/mol. The van der Waals surface area contributed by atoms with Gasteiger partial charge in [-0.3, -0.25) is 0 Å². The van der Waals surface area contributed by atoms with Gasteiger partial charge in [0.15, 0.2) is 0 Å². The summed E-state index contributed by atoms with van der Waals surface area (Å²) < 4.78 is 24.4. The highest BCUT2D eigenvalue weighted by molar-refractivity contribution is 6.39. The van der Waals surface area contributed by atoms with Gasteiger partial charge in [0, 0.05) is 0 Å². The van der Waals surface area contributed by atoms with Crippen LogP contribution < -0.4 is 0 Å². The van der Waals surface area contributed by atoms with Crippen LogP contribution in [-0.2, 0) is 18.9 Å². The van der Waals surface area contributed by atoms with Gasteiger partial charge in [-0.25, -0.2) is 0 Å². The lowest BCUT2D eigenvalue weighted by atomic mass is 10.4. The Bertz CT molecular complexity index is 306. The Kier molecular flexibility index (Phi) is 12.8. The van der Waals surface area contributed by atoms with Gasteiger partial charge in [0.25, 0.3) is 0 Å². The van der Waals surface area contributed by atoms with Gasteiger partial charge in [-0.05, 0) is 69.2 Å². The lowest BCUT2D eigenvalue weighted by Gasteiger charge is -2.34. The second kappa shape index (κ2) is 12.7. The van der Waals surface area contributed by atoms with Crippen LogP contribution in [0.2, 0.25) is 12.1 Å². The molecule has 158 valence electrons. The van der Waals surface area contributed by atoms with Crippen LogP contribution in [-0.4, -0.2) is 54.3 Å². The summed E-state index contributed by atoms with van der Waals surface area (Å²) >= 11 is 0. The second-order valence-electron chi connectivity index (χ2n) is 8.85. The molecule has 0 radical (unpaired) electrons. The van der Waals surface area contributed by atoms with E-state index in [-0.39, 0.29) is 35.2 Å². The second-order valence-corrected chi connectivity index (χ2v) is 13.8. The maximum absolute atomic E-state index is 6.11. The first-order valence-electron chi connectivity index (χ1n) is 10.6. The zero-order chi connectivity index (χ0) is 20.4. The Hall–Kier alpha value is 0.274. The number of ether oxygens (including phenoxy) is 4. The van der Waals surface area contributed by atoms with Crippen molar-refractivity contribution in [2.45, 2.75) is 129 Å². The van der Waals surface area contributed by atoms with Crippen LogP contribution in [0.1, 0.15) is 82.1 Å². The summed E-state index contributed by atoms with van der Waals surface area (Å²) in [6.07, 6.45) is 3.36. The van der Waals surface area contributed by atoms with E-state index in [9.17, 15) is 0 Å². The Morgan fingerprint density at radius 1 is 0.538 bits per heavy atom. The normalized spacial score (nSPS) is 14.5. The van der Waals surface area contributed by atoms with Crippen LogP contribution >= 0.6 is 0 Å². The minimum absolute atomic E-state index is 0.209. The first-order chi connectivity index (χ1) is 11.9. The van der Waals surface area contributed by atoms with Gasteiger partial charge in [-0.2, -0.15) is 0 Å². The molecule has 0 bridgehead atoms. The summed E-state index contributed by atoms with van der Waals surface area (Å²) in [7, 11) is -0.893. The van der Waals surface area contributed by atoms with Gasteiger partial charge < -0.3 is 18.9 Å². The smallest absolute Gasteiger partial charge is 0.142 e. The summed E-state index contributed by atoms with van der Waals surface area (Å²) in [5.41, 5.74) is -0.675. The molecule has 0 heterocycles.